The zero-order valence-corrected chi connectivity index (χ0v) is 15.7. The van der Waals surface area contributed by atoms with Gasteiger partial charge in [-0.2, -0.15) is 18.3 Å². The summed E-state index contributed by atoms with van der Waals surface area (Å²) >= 11 is 0. The van der Waals surface area contributed by atoms with Crippen LogP contribution in [-0.2, 0) is 12.7 Å². The Morgan fingerprint density at radius 1 is 1.07 bits per heavy atom. The van der Waals surface area contributed by atoms with Gasteiger partial charge in [0.1, 0.15) is 11.4 Å². The molecule has 0 aliphatic heterocycles. The molecule has 150 valence electrons. The number of aryl methyl sites for hydroxylation is 1. The number of benzene rings is 2. The summed E-state index contributed by atoms with van der Waals surface area (Å²) in [4.78, 5) is 25.3. The van der Waals surface area contributed by atoms with Crippen molar-refractivity contribution in [3.63, 3.8) is 0 Å². The second-order valence-corrected chi connectivity index (χ2v) is 6.31. The van der Waals surface area contributed by atoms with E-state index in [0.717, 1.165) is 10.7 Å². The van der Waals surface area contributed by atoms with Gasteiger partial charge in [0.05, 0.1) is 16.8 Å². The first-order valence-corrected chi connectivity index (χ1v) is 8.88. The number of carbonyl (C=O) groups is 1. The normalized spacial score (nSPS) is 11.3. The zero-order valence-electron chi connectivity index (χ0n) is 15.7. The third-order valence-corrected chi connectivity index (χ3v) is 4.35. The minimum atomic E-state index is -4.63. The van der Waals surface area contributed by atoms with Crippen LogP contribution in [0.1, 0.15) is 29.8 Å². The molecule has 2 aromatic carbocycles. The maximum atomic E-state index is 13.4. The Balaban J connectivity index is 2.30. The second kappa shape index (κ2) is 7.90. The Labute approximate surface area is 164 Å². The van der Waals surface area contributed by atoms with Crippen LogP contribution < -0.4 is 10.9 Å². The fraction of sp³-hybridized carbons (Fsp3) is 0.190. The number of hydrogen-bond donors (Lipinski definition) is 1. The van der Waals surface area contributed by atoms with E-state index >= 15 is 0 Å². The number of nitrogens with zero attached hydrogens (tertiary/aromatic N) is 2. The standard InChI is InChI=1S/C21H18F3N3O2/c1-3-27-20(29)19(25-16-12-8-7-11-15(16)21(22,23)24)17(13(2)28)18(26-27)14-9-5-4-6-10-14/h4-12,25H,3H2,1-2H3. The van der Waals surface area contributed by atoms with Crippen LogP contribution in [-0.4, -0.2) is 15.6 Å². The molecule has 0 aliphatic rings. The molecule has 0 radical (unpaired) electrons. The van der Waals surface area contributed by atoms with Crippen molar-refractivity contribution in [3.8, 4) is 11.3 Å². The molecule has 0 amide bonds. The van der Waals surface area contributed by atoms with Gasteiger partial charge in [-0.15, -0.1) is 0 Å². The minimum Gasteiger partial charge on any atom is -0.350 e. The van der Waals surface area contributed by atoms with Crippen molar-refractivity contribution in [1.82, 2.24) is 9.78 Å². The Kier molecular flexibility index (Phi) is 5.54. The SMILES string of the molecule is CCn1nc(-c2ccccc2)c(C(C)=O)c(Nc2ccccc2C(F)(F)F)c1=O. The van der Waals surface area contributed by atoms with Gasteiger partial charge in [0.15, 0.2) is 5.78 Å². The van der Waals surface area contributed by atoms with Gasteiger partial charge in [0.2, 0.25) is 0 Å². The molecule has 0 bridgehead atoms. The molecule has 0 saturated carbocycles. The Morgan fingerprint density at radius 2 is 1.69 bits per heavy atom. The van der Waals surface area contributed by atoms with E-state index in [0.29, 0.717) is 5.56 Å². The molecule has 8 heteroatoms. The number of hydrogen-bond acceptors (Lipinski definition) is 4. The average Bonchev–Trinajstić information content (AvgIpc) is 2.69. The number of halogens is 3. The van der Waals surface area contributed by atoms with E-state index in [-0.39, 0.29) is 29.2 Å². The molecule has 0 fully saturated rings. The molecule has 1 heterocycles. The van der Waals surface area contributed by atoms with Gasteiger partial charge < -0.3 is 5.32 Å². The molecule has 0 atom stereocenters. The number of para-hydroxylation sites is 1. The van der Waals surface area contributed by atoms with Crippen molar-refractivity contribution >= 4 is 17.2 Å². The van der Waals surface area contributed by atoms with Crippen LogP contribution in [0, 0.1) is 0 Å². The van der Waals surface area contributed by atoms with Gasteiger partial charge in [-0.25, -0.2) is 4.68 Å². The lowest BCUT2D eigenvalue weighted by atomic mass is 10.0. The first-order valence-electron chi connectivity index (χ1n) is 8.88. The van der Waals surface area contributed by atoms with Crippen LogP contribution in [0.4, 0.5) is 24.5 Å². The molecule has 0 unspecified atom stereocenters. The van der Waals surface area contributed by atoms with Gasteiger partial charge >= 0.3 is 6.18 Å². The summed E-state index contributed by atoms with van der Waals surface area (Å²) in [5, 5.41) is 6.84. The highest BCUT2D eigenvalue weighted by Crippen LogP contribution is 2.36. The van der Waals surface area contributed by atoms with Crippen LogP contribution in [0.5, 0.6) is 0 Å². The molecule has 0 spiro atoms. The lowest BCUT2D eigenvalue weighted by molar-refractivity contribution is -0.136. The molecule has 5 nitrogen and oxygen atoms in total. The van der Waals surface area contributed by atoms with Gasteiger partial charge in [-0.05, 0) is 26.0 Å². The lowest BCUT2D eigenvalue weighted by Crippen LogP contribution is -2.28. The quantitative estimate of drug-likeness (QED) is 0.618. The number of alkyl halides is 3. The smallest absolute Gasteiger partial charge is 0.350 e. The maximum absolute atomic E-state index is 13.4. The van der Waals surface area contributed by atoms with Gasteiger partial charge in [-0.1, -0.05) is 42.5 Å². The third kappa shape index (κ3) is 4.06. The number of aromatic nitrogens is 2. The molecular weight excluding hydrogens is 383 g/mol. The van der Waals surface area contributed by atoms with E-state index in [1.807, 2.05) is 0 Å². The lowest BCUT2D eigenvalue weighted by Gasteiger charge is -2.18. The van der Waals surface area contributed by atoms with Crippen molar-refractivity contribution in [2.75, 3.05) is 5.32 Å². The molecule has 3 rings (SSSR count). The highest BCUT2D eigenvalue weighted by Gasteiger charge is 2.34. The molecular formula is C21H18F3N3O2. The Bertz CT molecular complexity index is 1110. The zero-order chi connectivity index (χ0) is 21.2. The highest BCUT2D eigenvalue weighted by atomic mass is 19.4. The number of Topliss-reactive ketones (excluding diaryl/α,β-unsaturated/α-hetero) is 1. The molecule has 29 heavy (non-hydrogen) atoms. The van der Waals surface area contributed by atoms with Crippen LogP contribution in [0.3, 0.4) is 0 Å². The fourth-order valence-corrected chi connectivity index (χ4v) is 3.02. The molecule has 1 N–H and O–H groups in total. The summed E-state index contributed by atoms with van der Waals surface area (Å²) in [5.74, 6) is -0.483. The van der Waals surface area contributed by atoms with E-state index < -0.39 is 23.1 Å². The summed E-state index contributed by atoms with van der Waals surface area (Å²) in [6, 6.07) is 13.5. The van der Waals surface area contributed by atoms with Crippen molar-refractivity contribution in [2.45, 2.75) is 26.6 Å². The third-order valence-electron chi connectivity index (χ3n) is 4.35. The van der Waals surface area contributed by atoms with Gasteiger partial charge in [-0.3, -0.25) is 9.59 Å². The number of nitrogens with one attached hydrogen (secondary N) is 1. The molecule has 1 aromatic heterocycles. The topological polar surface area (TPSA) is 64.0 Å². The summed E-state index contributed by atoms with van der Waals surface area (Å²) in [6.07, 6.45) is -4.63. The molecule has 3 aromatic rings. The summed E-state index contributed by atoms with van der Waals surface area (Å²) < 4.78 is 41.3. The maximum Gasteiger partial charge on any atom is 0.418 e. The molecule has 0 aliphatic carbocycles. The predicted molar refractivity (Wildman–Crippen MR) is 104 cm³/mol. The number of ketones is 1. The Morgan fingerprint density at radius 3 is 2.28 bits per heavy atom. The van der Waals surface area contributed by atoms with Crippen molar-refractivity contribution in [2.24, 2.45) is 0 Å². The summed E-state index contributed by atoms with van der Waals surface area (Å²) in [7, 11) is 0. The predicted octanol–water partition coefficient (Wildman–Crippen LogP) is 4.90. The average molecular weight is 401 g/mol. The van der Waals surface area contributed by atoms with Crippen molar-refractivity contribution in [3.05, 3.63) is 76.1 Å². The van der Waals surface area contributed by atoms with E-state index in [4.69, 9.17) is 0 Å². The summed E-state index contributed by atoms with van der Waals surface area (Å²) in [6.45, 7) is 3.12. The molecule has 0 saturated heterocycles. The van der Waals surface area contributed by atoms with Crippen LogP contribution in [0.2, 0.25) is 0 Å². The van der Waals surface area contributed by atoms with Gasteiger partial charge in [0.25, 0.3) is 5.56 Å². The van der Waals surface area contributed by atoms with Crippen molar-refractivity contribution in [1.29, 1.82) is 0 Å². The first-order chi connectivity index (χ1) is 13.7. The fourth-order valence-electron chi connectivity index (χ4n) is 3.02. The monoisotopic (exact) mass is 401 g/mol. The van der Waals surface area contributed by atoms with E-state index in [1.54, 1.807) is 37.3 Å². The number of anilines is 2. The number of rotatable bonds is 5. The minimum absolute atomic E-state index is 0.0529. The van der Waals surface area contributed by atoms with Crippen LogP contribution in [0.25, 0.3) is 11.3 Å². The second-order valence-electron chi connectivity index (χ2n) is 6.31. The van der Waals surface area contributed by atoms with E-state index in [9.17, 15) is 22.8 Å². The van der Waals surface area contributed by atoms with Crippen molar-refractivity contribution < 1.29 is 18.0 Å². The highest BCUT2D eigenvalue weighted by molar-refractivity contribution is 6.05. The largest absolute Gasteiger partial charge is 0.418 e. The van der Waals surface area contributed by atoms with E-state index in [2.05, 4.69) is 10.4 Å². The first kappa shape index (κ1) is 20.3. The van der Waals surface area contributed by atoms with Crippen LogP contribution in [0.15, 0.2) is 59.4 Å². The Hall–Kier alpha value is -3.42. The van der Waals surface area contributed by atoms with E-state index in [1.165, 1.54) is 25.1 Å². The number of carbonyl (C=O) groups excluding carboxylic acids is 1. The summed E-state index contributed by atoms with van der Waals surface area (Å²) in [5.41, 5.74) is -1.40. The van der Waals surface area contributed by atoms with Crippen LogP contribution >= 0.6 is 0 Å². The van der Waals surface area contributed by atoms with Gasteiger partial charge in [0, 0.05) is 12.1 Å².